The van der Waals surface area contributed by atoms with E-state index >= 15 is 0 Å². The van der Waals surface area contributed by atoms with Crippen LogP contribution < -0.4 is 0 Å². The first-order valence-electron chi connectivity index (χ1n) is 8.72. The van der Waals surface area contributed by atoms with Gasteiger partial charge in [0.05, 0.1) is 6.10 Å². The molecule has 0 aromatic heterocycles. The number of unbranched alkanes of at least 4 members (excludes halogenated alkanes) is 1. The fraction of sp³-hybridized carbons (Fsp3) is 0.700. The molecule has 0 aliphatic heterocycles. The van der Waals surface area contributed by atoms with E-state index in [2.05, 4.69) is 46.8 Å². The summed E-state index contributed by atoms with van der Waals surface area (Å²) in [6, 6.07) is 0. The van der Waals surface area contributed by atoms with E-state index in [1.807, 2.05) is 0 Å². The highest BCUT2D eigenvalue weighted by molar-refractivity contribution is 5.42. The normalized spacial score (nSPS) is 36.3. The summed E-state index contributed by atoms with van der Waals surface area (Å²) in [5, 5.41) is 10.5. The molecule has 2 aliphatic carbocycles. The Hall–Kier alpha value is -0.820. The lowest BCUT2D eigenvalue weighted by Gasteiger charge is -2.40. The molecule has 118 valence electrons. The van der Waals surface area contributed by atoms with Crippen LogP contribution in [0.25, 0.3) is 0 Å². The standard InChI is InChI=1S/C20H32O/c1-6-7-8-18-14(3)12-17-11-13(2)9-10-19(21)16(5)20(17)15(18)4/h11-12,15-16,19-21H,6-10H2,1-5H3/b13-11-. The summed E-state index contributed by atoms with van der Waals surface area (Å²) in [6.45, 7) is 11.4. The molecule has 0 aromatic rings. The second-order valence-electron chi connectivity index (χ2n) is 7.23. The first-order valence-corrected chi connectivity index (χ1v) is 8.72. The van der Waals surface area contributed by atoms with Gasteiger partial charge in [-0.2, -0.15) is 0 Å². The van der Waals surface area contributed by atoms with Crippen LogP contribution in [0.5, 0.6) is 0 Å². The van der Waals surface area contributed by atoms with Gasteiger partial charge in [0.2, 0.25) is 0 Å². The Kier molecular flexibility index (Phi) is 5.48. The third kappa shape index (κ3) is 3.51. The molecule has 0 aromatic carbocycles. The van der Waals surface area contributed by atoms with Crippen LogP contribution in [-0.4, -0.2) is 11.2 Å². The molecule has 21 heavy (non-hydrogen) atoms. The van der Waals surface area contributed by atoms with E-state index in [0.29, 0.717) is 17.8 Å². The minimum atomic E-state index is -0.171. The zero-order chi connectivity index (χ0) is 15.6. The van der Waals surface area contributed by atoms with Crippen molar-refractivity contribution in [2.45, 2.75) is 72.8 Å². The van der Waals surface area contributed by atoms with Crippen LogP contribution in [-0.2, 0) is 0 Å². The predicted molar refractivity (Wildman–Crippen MR) is 91.1 cm³/mol. The second kappa shape index (κ2) is 6.96. The lowest BCUT2D eigenvalue weighted by Crippen LogP contribution is -2.34. The molecule has 0 heterocycles. The summed E-state index contributed by atoms with van der Waals surface area (Å²) in [5.74, 6) is 1.38. The predicted octanol–water partition coefficient (Wildman–Crippen LogP) is 5.42. The van der Waals surface area contributed by atoms with E-state index in [4.69, 9.17) is 0 Å². The highest BCUT2D eigenvalue weighted by Crippen LogP contribution is 2.44. The van der Waals surface area contributed by atoms with Crippen molar-refractivity contribution in [1.82, 2.24) is 0 Å². The molecule has 1 nitrogen and oxygen atoms in total. The Morgan fingerprint density at radius 1 is 1.19 bits per heavy atom. The van der Waals surface area contributed by atoms with E-state index in [1.54, 1.807) is 5.57 Å². The summed E-state index contributed by atoms with van der Waals surface area (Å²) in [7, 11) is 0. The first kappa shape index (κ1) is 16.5. The molecule has 2 rings (SSSR count). The summed E-state index contributed by atoms with van der Waals surface area (Å²) in [4.78, 5) is 0. The quantitative estimate of drug-likeness (QED) is 0.735. The minimum Gasteiger partial charge on any atom is -0.393 e. The first-order chi connectivity index (χ1) is 9.95. The van der Waals surface area contributed by atoms with Gasteiger partial charge in [-0.25, -0.2) is 0 Å². The Balaban J connectivity index is 2.40. The van der Waals surface area contributed by atoms with Gasteiger partial charge in [0.1, 0.15) is 0 Å². The van der Waals surface area contributed by atoms with Crippen molar-refractivity contribution >= 4 is 0 Å². The second-order valence-corrected chi connectivity index (χ2v) is 7.23. The van der Waals surface area contributed by atoms with Gasteiger partial charge in [-0.15, -0.1) is 0 Å². The molecule has 2 aliphatic rings. The molecule has 1 heteroatoms. The fourth-order valence-corrected chi connectivity index (χ4v) is 4.23. The van der Waals surface area contributed by atoms with Crippen LogP contribution in [0, 0.1) is 17.8 Å². The lowest BCUT2D eigenvalue weighted by molar-refractivity contribution is 0.0717. The van der Waals surface area contributed by atoms with Crippen molar-refractivity contribution in [2.75, 3.05) is 0 Å². The van der Waals surface area contributed by atoms with Crippen LogP contribution in [0.15, 0.2) is 34.4 Å². The van der Waals surface area contributed by atoms with Crippen LogP contribution in [0.3, 0.4) is 0 Å². The largest absolute Gasteiger partial charge is 0.393 e. The fourth-order valence-electron chi connectivity index (χ4n) is 4.23. The highest BCUT2D eigenvalue weighted by Gasteiger charge is 2.35. The number of hydrogen-bond acceptors (Lipinski definition) is 1. The van der Waals surface area contributed by atoms with E-state index < -0.39 is 0 Å². The van der Waals surface area contributed by atoms with Crippen molar-refractivity contribution < 1.29 is 5.11 Å². The van der Waals surface area contributed by atoms with Gasteiger partial charge in [-0.1, -0.05) is 56.1 Å². The Morgan fingerprint density at radius 3 is 2.57 bits per heavy atom. The molecule has 0 fully saturated rings. The zero-order valence-electron chi connectivity index (χ0n) is 14.4. The van der Waals surface area contributed by atoms with Gasteiger partial charge in [-0.05, 0) is 62.9 Å². The molecule has 0 saturated carbocycles. The van der Waals surface area contributed by atoms with Gasteiger partial charge >= 0.3 is 0 Å². The maximum Gasteiger partial charge on any atom is 0.0574 e. The van der Waals surface area contributed by atoms with Crippen molar-refractivity contribution in [3.8, 4) is 0 Å². The van der Waals surface area contributed by atoms with Crippen LogP contribution in [0.4, 0.5) is 0 Å². The lowest BCUT2D eigenvalue weighted by atomic mass is 9.66. The summed E-state index contributed by atoms with van der Waals surface area (Å²) in [6.07, 6.45) is 10.3. The van der Waals surface area contributed by atoms with E-state index in [0.717, 1.165) is 12.8 Å². The molecule has 4 atom stereocenters. The number of rotatable bonds is 3. The van der Waals surface area contributed by atoms with E-state index in [-0.39, 0.29) is 6.10 Å². The number of allylic oxidation sites excluding steroid dienone is 6. The van der Waals surface area contributed by atoms with Gasteiger partial charge in [0.25, 0.3) is 0 Å². The molecular weight excluding hydrogens is 256 g/mol. The average Bonchev–Trinajstić information content (AvgIpc) is 2.43. The molecule has 0 amide bonds. The molecule has 1 N–H and O–H groups in total. The van der Waals surface area contributed by atoms with Gasteiger partial charge in [-0.3, -0.25) is 0 Å². The van der Waals surface area contributed by atoms with Gasteiger partial charge in [0, 0.05) is 0 Å². The SMILES string of the molecule is CCCCC1=C(C)C=C2/C=C(/C)CCC(O)C(C)C2C1C. The molecule has 0 bridgehead atoms. The molecule has 0 spiro atoms. The van der Waals surface area contributed by atoms with Crippen molar-refractivity contribution in [1.29, 1.82) is 0 Å². The van der Waals surface area contributed by atoms with Crippen molar-refractivity contribution in [3.63, 3.8) is 0 Å². The maximum absolute atomic E-state index is 10.5. The molecule has 4 unspecified atom stereocenters. The van der Waals surface area contributed by atoms with Crippen LogP contribution >= 0.6 is 0 Å². The van der Waals surface area contributed by atoms with Crippen LogP contribution in [0.2, 0.25) is 0 Å². The van der Waals surface area contributed by atoms with Gasteiger partial charge < -0.3 is 5.11 Å². The number of aliphatic hydroxyl groups excluding tert-OH is 1. The monoisotopic (exact) mass is 288 g/mol. The van der Waals surface area contributed by atoms with E-state index in [9.17, 15) is 5.11 Å². The number of fused-ring (bicyclic) bond motifs is 1. The maximum atomic E-state index is 10.5. The number of aliphatic hydroxyl groups is 1. The smallest absolute Gasteiger partial charge is 0.0574 e. The third-order valence-electron chi connectivity index (χ3n) is 5.58. The van der Waals surface area contributed by atoms with Gasteiger partial charge in [0.15, 0.2) is 0 Å². The van der Waals surface area contributed by atoms with Crippen molar-refractivity contribution in [3.05, 3.63) is 34.4 Å². The average molecular weight is 288 g/mol. The molecule has 0 radical (unpaired) electrons. The third-order valence-corrected chi connectivity index (χ3v) is 5.58. The molecule has 0 saturated heterocycles. The van der Waals surface area contributed by atoms with E-state index in [1.165, 1.54) is 36.0 Å². The topological polar surface area (TPSA) is 20.2 Å². The Bertz CT molecular complexity index is 466. The summed E-state index contributed by atoms with van der Waals surface area (Å²) in [5.41, 5.74) is 5.95. The Morgan fingerprint density at radius 2 is 1.90 bits per heavy atom. The molecular formula is C20H32O. The zero-order valence-corrected chi connectivity index (χ0v) is 14.4. The Labute approximate surface area is 130 Å². The number of hydrogen-bond donors (Lipinski definition) is 1. The van der Waals surface area contributed by atoms with Crippen LogP contribution in [0.1, 0.15) is 66.7 Å². The summed E-state index contributed by atoms with van der Waals surface area (Å²) < 4.78 is 0. The minimum absolute atomic E-state index is 0.171. The highest BCUT2D eigenvalue weighted by atomic mass is 16.3. The van der Waals surface area contributed by atoms with Crippen molar-refractivity contribution in [2.24, 2.45) is 17.8 Å². The summed E-state index contributed by atoms with van der Waals surface area (Å²) >= 11 is 0.